The van der Waals surface area contributed by atoms with Crippen LogP contribution >= 0.6 is 11.3 Å². The van der Waals surface area contributed by atoms with Crippen molar-refractivity contribution in [2.45, 2.75) is 125 Å². The molecule has 1 saturated heterocycles. The number of esters is 1. The van der Waals surface area contributed by atoms with E-state index in [-0.39, 0.29) is 66.0 Å². The molecule has 294 valence electrons. The van der Waals surface area contributed by atoms with E-state index in [9.17, 15) is 29.1 Å². The first kappa shape index (κ1) is 43.8. The predicted octanol–water partition coefficient (Wildman–Crippen LogP) is 6.81. The molecule has 0 unspecified atom stereocenters. The van der Waals surface area contributed by atoms with Crippen molar-refractivity contribution in [2.24, 2.45) is 29.1 Å². The first-order chi connectivity index (χ1) is 24.8. The highest BCUT2D eigenvalue weighted by Gasteiger charge is 2.40. The SMILES string of the molecule is CC[C@H](C)[C@H](CC(=O)[C@H]1CC(C)(C)CCN1C)C(=O)N(C)[C@H](C[C@@H](OC(C)=O)c1nc(C(=O)N[C@@H](Cc2ccccc2)C[C@H](C)C(=O)O)cs1)C(C)C. The minimum atomic E-state index is -0.941. The Kier molecular flexibility index (Phi) is 16.2. The molecule has 0 bridgehead atoms. The van der Waals surface area contributed by atoms with E-state index >= 15 is 0 Å². The van der Waals surface area contributed by atoms with Crippen LogP contribution in [0.1, 0.15) is 121 Å². The molecular weight excluding hydrogens is 693 g/mol. The molecule has 0 radical (unpaired) electrons. The van der Waals surface area contributed by atoms with Crippen molar-refractivity contribution >= 4 is 40.9 Å². The number of benzene rings is 1. The van der Waals surface area contributed by atoms with E-state index in [1.54, 1.807) is 24.3 Å². The zero-order valence-corrected chi connectivity index (χ0v) is 34.2. The summed E-state index contributed by atoms with van der Waals surface area (Å²) in [7, 11) is 3.75. The number of likely N-dealkylation sites (tertiary alicyclic amines) is 1. The van der Waals surface area contributed by atoms with Gasteiger partial charge in [-0.1, -0.05) is 85.2 Å². The fraction of sp³-hybridized carbons (Fsp3) is 0.659. The third-order valence-electron chi connectivity index (χ3n) is 11.0. The van der Waals surface area contributed by atoms with Crippen LogP contribution in [0.15, 0.2) is 35.7 Å². The van der Waals surface area contributed by atoms with Crippen LogP contribution in [0.4, 0.5) is 0 Å². The third kappa shape index (κ3) is 12.7. The number of carbonyl (C=O) groups is 5. The van der Waals surface area contributed by atoms with Crippen LogP contribution in [0.25, 0.3) is 0 Å². The number of rotatable bonds is 19. The van der Waals surface area contributed by atoms with E-state index in [2.05, 4.69) is 29.0 Å². The van der Waals surface area contributed by atoms with Gasteiger partial charge >= 0.3 is 11.9 Å². The fourth-order valence-electron chi connectivity index (χ4n) is 7.29. The summed E-state index contributed by atoms with van der Waals surface area (Å²) in [6, 6.07) is 8.52. The Labute approximate surface area is 320 Å². The lowest BCUT2D eigenvalue weighted by molar-refractivity contribution is -0.149. The average Bonchev–Trinajstić information content (AvgIpc) is 3.60. The van der Waals surface area contributed by atoms with Gasteiger partial charge < -0.3 is 20.1 Å². The minimum Gasteiger partial charge on any atom is -0.481 e. The van der Waals surface area contributed by atoms with Gasteiger partial charge in [0.2, 0.25) is 5.91 Å². The number of nitrogens with one attached hydrogen (secondary N) is 1. The van der Waals surface area contributed by atoms with E-state index in [0.717, 1.165) is 31.4 Å². The molecule has 2 aromatic rings. The van der Waals surface area contributed by atoms with Crippen LogP contribution in [0, 0.1) is 29.1 Å². The van der Waals surface area contributed by atoms with Crippen LogP contribution in [0.5, 0.6) is 0 Å². The van der Waals surface area contributed by atoms with Crippen LogP contribution in [0.3, 0.4) is 0 Å². The molecule has 1 aromatic carbocycles. The van der Waals surface area contributed by atoms with Crippen molar-refractivity contribution in [3.63, 3.8) is 0 Å². The number of carboxylic acid groups (broad SMARTS) is 1. The lowest BCUT2D eigenvalue weighted by atomic mass is 9.76. The van der Waals surface area contributed by atoms with Crippen LogP contribution in [-0.4, -0.2) is 88.2 Å². The molecule has 2 N–H and O–H groups in total. The summed E-state index contributed by atoms with van der Waals surface area (Å²) in [5.74, 6) is -3.12. The van der Waals surface area contributed by atoms with Crippen molar-refractivity contribution in [2.75, 3.05) is 20.6 Å². The zero-order chi connectivity index (χ0) is 39.6. The van der Waals surface area contributed by atoms with E-state index < -0.39 is 41.8 Å². The Morgan fingerprint density at radius 1 is 1.09 bits per heavy atom. The summed E-state index contributed by atoms with van der Waals surface area (Å²) in [5.41, 5.74) is 1.17. The number of carboxylic acids is 1. The average molecular weight is 755 g/mol. The monoisotopic (exact) mass is 754 g/mol. The van der Waals surface area contributed by atoms with Crippen molar-refractivity contribution < 1.29 is 33.8 Å². The van der Waals surface area contributed by atoms with E-state index in [0.29, 0.717) is 11.4 Å². The lowest BCUT2D eigenvalue weighted by Gasteiger charge is -2.42. The van der Waals surface area contributed by atoms with Gasteiger partial charge in [-0.05, 0) is 62.1 Å². The van der Waals surface area contributed by atoms with Crippen molar-refractivity contribution in [1.82, 2.24) is 20.1 Å². The number of ether oxygens (including phenoxy) is 1. The zero-order valence-electron chi connectivity index (χ0n) is 33.4. The number of hydrogen-bond donors (Lipinski definition) is 2. The predicted molar refractivity (Wildman–Crippen MR) is 207 cm³/mol. The molecule has 1 aliphatic rings. The number of piperidine rings is 1. The van der Waals surface area contributed by atoms with Crippen LogP contribution in [0.2, 0.25) is 0 Å². The molecule has 0 spiro atoms. The molecule has 11 nitrogen and oxygen atoms in total. The van der Waals surface area contributed by atoms with E-state index in [1.807, 2.05) is 65.1 Å². The number of aromatic nitrogens is 1. The number of likely N-dealkylation sites (N-methyl/N-ethyl adjacent to an activating group) is 1. The number of hydrogen-bond acceptors (Lipinski definition) is 9. The Morgan fingerprint density at radius 2 is 1.75 bits per heavy atom. The van der Waals surface area contributed by atoms with E-state index in [4.69, 9.17) is 4.74 Å². The van der Waals surface area contributed by atoms with Crippen molar-refractivity contribution in [1.29, 1.82) is 0 Å². The summed E-state index contributed by atoms with van der Waals surface area (Å²) in [6.45, 7) is 16.2. The van der Waals surface area contributed by atoms with Gasteiger partial charge in [-0.3, -0.25) is 28.9 Å². The third-order valence-corrected chi connectivity index (χ3v) is 11.9. The first-order valence-electron chi connectivity index (χ1n) is 19.0. The van der Waals surface area contributed by atoms with Gasteiger partial charge in [0.25, 0.3) is 5.91 Å². The number of Topliss-reactive ketones (excluding diaryl/α,β-unsaturated/α-hetero) is 1. The largest absolute Gasteiger partial charge is 0.481 e. The summed E-state index contributed by atoms with van der Waals surface area (Å²) in [5, 5.41) is 14.6. The summed E-state index contributed by atoms with van der Waals surface area (Å²) >= 11 is 1.19. The van der Waals surface area contributed by atoms with Gasteiger partial charge in [0.1, 0.15) is 10.7 Å². The van der Waals surface area contributed by atoms with Gasteiger partial charge in [-0.25, -0.2) is 4.98 Å². The second-order valence-corrected chi connectivity index (χ2v) is 17.2. The normalized spacial score (nSPS) is 19.3. The molecule has 1 fully saturated rings. The van der Waals surface area contributed by atoms with Gasteiger partial charge in [-0.2, -0.15) is 0 Å². The Balaban J connectivity index is 1.82. The lowest BCUT2D eigenvalue weighted by Crippen LogP contribution is -2.50. The first-order valence-corrected chi connectivity index (χ1v) is 19.9. The number of nitrogens with zero attached hydrogens (tertiary/aromatic N) is 3. The van der Waals surface area contributed by atoms with Gasteiger partial charge in [-0.15, -0.1) is 11.3 Å². The molecule has 0 saturated carbocycles. The molecule has 1 aromatic heterocycles. The molecule has 2 amide bonds. The molecule has 12 heteroatoms. The van der Waals surface area contributed by atoms with Crippen LogP contribution < -0.4 is 5.32 Å². The summed E-state index contributed by atoms with van der Waals surface area (Å²) in [4.78, 5) is 74.2. The molecule has 0 aliphatic carbocycles. The van der Waals surface area contributed by atoms with Crippen molar-refractivity contribution in [3.05, 3.63) is 52.0 Å². The number of carbonyl (C=O) groups excluding carboxylic acids is 4. The quantitative estimate of drug-likeness (QED) is 0.148. The molecule has 53 heavy (non-hydrogen) atoms. The summed E-state index contributed by atoms with van der Waals surface area (Å²) < 4.78 is 5.80. The highest BCUT2D eigenvalue weighted by Crippen LogP contribution is 2.36. The number of amides is 2. The van der Waals surface area contributed by atoms with Crippen LogP contribution in [-0.2, 0) is 30.3 Å². The smallest absolute Gasteiger partial charge is 0.306 e. The number of ketones is 1. The second kappa shape index (κ2) is 19.6. The highest BCUT2D eigenvalue weighted by molar-refractivity contribution is 7.09. The Bertz CT molecular complexity index is 1540. The maximum Gasteiger partial charge on any atom is 0.306 e. The number of aliphatic carboxylic acids is 1. The second-order valence-electron chi connectivity index (χ2n) is 16.3. The van der Waals surface area contributed by atoms with Gasteiger partial charge in [0.05, 0.1) is 12.0 Å². The topological polar surface area (TPSA) is 146 Å². The maximum atomic E-state index is 14.4. The van der Waals surface area contributed by atoms with E-state index in [1.165, 1.54) is 18.3 Å². The molecular formula is C41H62N4O7S. The fourth-order valence-corrected chi connectivity index (χ4v) is 8.12. The molecule has 3 rings (SSSR count). The Hall–Kier alpha value is -3.64. The standard InChI is InChI=1S/C41H62N4O7S/c1-11-26(4)31(21-35(47)34-23-41(7,8)17-18-44(34)9)39(49)45(10)33(25(2)3)22-36(52-28(6)46)38-43-32(24-53-38)37(48)42-30(19-27(5)40(50)51)20-29-15-13-12-14-16-29/h12-16,24-27,30-31,33-34,36H,11,17-23H2,1-10H3,(H,42,48)(H,50,51)/t26-,27-,30+,31-,33+,34+,36+/m0/s1. The molecule has 7 atom stereocenters. The Morgan fingerprint density at radius 3 is 2.34 bits per heavy atom. The van der Waals surface area contributed by atoms with Gasteiger partial charge in [0.15, 0.2) is 11.9 Å². The van der Waals surface area contributed by atoms with Crippen molar-refractivity contribution in [3.8, 4) is 0 Å². The van der Waals surface area contributed by atoms with Gasteiger partial charge in [0, 0.05) is 50.2 Å². The maximum absolute atomic E-state index is 14.4. The highest BCUT2D eigenvalue weighted by atomic mass is 32.1. The molecule has 2 heterocycles. The summed E-state index contributed by atoms with van der Waals surface area (Å²) in [6.07, 6.45) is 2.82. The number of thiazole rings is 1. The minimum absolute atomic E-state index is 0.0166. The molecule has 1 aliphatic heterocycles.